The van der Waals surface area contributed by atoms with Crippen molar-refractivity contribution in [3.05, 3.63) is 48.0 Å². The van der Waals surface area contributed by atoms with E-state index < -0.39 is 29.0 Å². The highest BCUT2D eigenvalue weighted by molar-refractivity contribution is 5.94. The number of nitrogens with one attached hydrogen (secondary N) is 1. The predicted octanol–water partition coefficient (Wildman–Crippen LogP) is 3.12. The summed E-state index contributed by atoms with van der Waals surface area (Å²) in [6.45, 7) is 3.78. The molecule has 0 unspecified atom stereocenters. The van der Waals surface area contributed by atoms with Crippen LogP contribution in [0, 0.1) is 5.82 Å². The number of carbonyl (C=O) groups excluding carboxylic acids is 1. The number of hydrogen-bond donors (Lipinski definition) is 1. The highest BCUT2D eigenvalue weighted by atomic mass is 19.4. The molecule has 0 bridgehead atoms. The highest BCUT2D eigenvalue weighted by Crippen LogP contribution is 2.30. The van der Waals surface area contributed by atoms with Crippen LogP contribution in [0.25, 0.3) is 0 Å². The van der Waals surface area contributed by atoms with Crippen LogP contribution in [0.4, 0.5) is 17.6 Å². The van der Waals surface area contributed by atoms with Crippen LogP contribution in [-0.2, 0) is 10.9 Å². The molecule has 1 aromatic carbocycles. The van der Waals surface area contributed by atoms with Gasteiger partial charge in [-0.1, -0.05) is 6.58 Å². The monoisotopic (exact) mass is 291 g/mol. The summed E-state index contributed by atoms with van der Waals surface area (Å²) in [6, 6.07) is 1.70. The molecule has 0 saturated heterocycles. The van der Waals surface area contributed by atoms with Gasteiger partial charge in [0.15, 0.2) is 0 Å². The molecule has 0 atom stereocenters. The molecule has 1 rings (SSSR count). The van der Waals surface area contributed by atoms with Gasteiger partial charge in [0.05, 0.1) is 24.0 Å². The maximum atomic E-state index is 13.4. The smallest absolute Gasteiger partial charge is 0.416 e. The van der Waals surface area contributed by atoms with E-state index in [2.05, 4.69) is 11.9 Å². The Bertz CT molecular complexity index is 486. The van der Waals surface area contributed by atoms with Gasteiger partial charge < -0.3 is 10.1 Å². The SMILES string of the molecule is C=COCCCNC(=O)c1cc(C(F)(F)F)ccc1F. The first-order valence-electron chi connectivity index (χ1n) is 5.73. The lowest BCUT2D eigenvalue weighted by atomic mass is 10.1. The Morgan fingerprint density at radius 2 is 2.10 bits per heavy atom. The van der Waals surface area contributed by atoms with E-state index in [1.165, 1.54) is 6.26 Å². The first kappa shape index (κ1) is 16.0. The molecular weight excluding hydrogens is 278 g/mol. The lowest BCUT2D eigenvalue weighted by molar-refractivity contribution is -0.137. The van der Waals surface area contributed by atoms with Gasteiger partial charge in [-0.25, -0.2) is 4.39 Å². The molecule has 0 spiro atoms. The molecule has 0 aromatic heterocycles. The molecule has 0 aliphatic rings. The van der Waals surface area contributed by atoms with Gasteiger partial charge in [0, 0.05) is 6.54 Å². The van der Waals surface area contributed by atoms with Gasteiger partial charge in [-0.2, -0.15) is 13.2 Å². The second-order valence-corrected chi connectivity index (χ2v) is 3.84. The third kappa shape index (κ3) is 4.56. The first-order chi connectivity index (χ1) is 9.36. The Morgan fingerprint density at radius 1 is 1.40 bits per heavy atom. The van der Waals surface area contributed by atoms with Crippen molar-refractivity contribution in [3.63, 3.8) is 0 Å². The van der Waals surface area contributed by atoms with Crippen molar-refractivity contribution in [1.82, 2.24) is 5.32 Å². The van der Waals surface area contributed by atoms with Gasteiger partial charge in [-0.3, -0.25) is 4.79 Å². The zero-order valence-corrected chi connectivity index (χ0v) is 10.5. The summed E-state index contributed by atoms with van der Waals surface area (Å²) in [5.74, 6) is -1.90. The molecule has 20 heavy (non-hydrogen) atoms. The molecule has 7 heteroatoms. The minimum Gasteiger partial charge on any atom is -0.502 e. The average molecular weight is 291 g/mol. The number of halogens is 4. The van der Waals surface area contributed by atoms with Crippen LogP contribution in [0.5, 0.6) is 0 Å². The number of carbonyl (C=O) groups is 1. The molecule has 110 valence electrons. The Hall–Kier alpha value is -2.05. The van der Waals surface area contributed by atoms with E-state index in [9.17, 15) is 22.4 Å². The first-order valence-corrected chi connectivity index (χ1v) is 5.73. The van der Waals surface area contributed by atoms with Gasteiger partial charge in [0.25, 0.3) is 5.91 Å². The van der Waals surface area contributed by atoms with Crippen molar-refractivity contribution in [2.75, 3.05) is 13.2 Å². The molecule has 0 aliphatic carbocycles. The third-order valence-electron chi connectivity index (χ3n) is 2.38. The lowest BCUT2D eigenvalue weighted by Crippen LogP contribution is -2.26. The van der Waals surface area contributed by atoms with Crippen LogP contribution in [0.2, 0.25) is 0 Å². The zero-order valence-electron chi connectivity index (χ0n) is 10.5. The molecule has 0 radical (unpaired) electrons. The van der Waals surface area contributed by atoms with Gasteiger partial charge >= 0.3 is 6.18 Å². The van der Waals surface area contributed by atoms with E-state index in [0.717, 1.165) is 0 Å². The van der Waals surface area contributed by atoms with Crippen molar-refractivity contribution in [1.29, 1.82) is 0 Å². The topological polar surface area (TPSA) is 38.3 Å². The summed E-state index contributed by atoms with van der Waals surface area (Å²) >= 11 is 0. The van der Waals surface area contributed by atoms with Crippen LogP contribution in [0.1, 0.15) is 22.3 Å². The summed E-state index contributed by atoms with van der Waals surface area (Å²) in [5.41, 5.74) is -1.71. The Kier molecular flexibility index (Phi) is 5.54. The Labute approximate surface area is 113 Å². The van der Waals surface area contributed by atoms with Gasteiger partial charge in [-0.05, 0) is 24.6 Å². The number of amides is 1. The van der Waals surface area contributed by atoms with Gasteiger partial charge in [0.2, 0.25) is 0 Å². The fraction of sp³-hybridized carbons (Fsp3) is 0.308. The van der Waals surface area contributed by atoms with Crippen molar-refractivity contribution in [2.24, 2.45) is 0 Å². The minimum absolute atomic E-state index is 0.155. The van der Waals surface area contributed by atoms with E-state index in [0.29, 0.717) is 31.2 Å². The molecule has 0 saturated carbocycles. The molecule has 1 aromatic rings. The number of hydrogen-bond acceptors (Lipinski definition) is 2. The fourth-order valence-electron chi connectivity index (χ4n) is 1.41. The van der Waals surface area contributed by atoms with Crippen LogP contribution in [0.15, 0.2) is 31.0 Å². The second kappa shape index (κ2) is 6.93. The van der Waals surface area contributed by atoms with E-state index in [-0.39, 0.29) is 6.54 Å². The second-order valence-electron chi connectivity index (χ2n) is 3.84. The third-order valence-corrected chi connectivity index (χ3v) is 2.38. The highest BCUT2D eigenvalue weighted by Gasteiger charge is 2.31. The standard InChI is InChI=1S/C13H13F4NO2/c1-2-20-7-3-6-18-12(19)10-8-9(13(15,16)17)4-5-11(10)14/h2,4-5,8H,1,3,6-7H2,(H,18,19). The van der Waals surface area contributed by atoms with E-state index in [1.54, 1.807) is 0 Å². The fourth-order valence-corrected chi connectivity index (χ4v) is 1.41. The minimum atomic E-state index is -4.62. The molecule has 0 fully saturated rings. The lowest BCUT2D eigenvalue weighted by Gasteiger charge is -2.10. The molecule has 1 N–H and O–H groups in total. The predicted molar refractivity (Wildman–Crippen MR) is 64.5 cm³/mol. The van der Waals surface area contributed by atoms with Crippen LogP contribution < -0.4 is 5.32 Å². The normalized spacial score (nSPS) is 11.0. The van der Waals surface area contributed by atoms with Crippen LogP contribution >= 0.6 is 0 Å². The number of rotatable bonds is 6. The Balaban J connectivity index is 2.70. The average Bonchev–Trinajstić information content (AvgIpc) is 2.37. The van der Waals surface area contributed by atoms with Crippen molar-refractivity contribution < 1.29 is 27.1 Å². The summed E-state index contributed by atoms with van der Waals surface area (Å²) < 4.78 is 55.6. The van der Waals surface area contributed by atoms with E-state index >= 15 is 0 Å². The van der Waals surface area contributed by atoms with E-state index in [1.807, 2.05) is 0 Å². The molecule has 1 amide bonds. The van der Waals surface area contributed by atoms with E-state index in [4.69, 9.17) is 4.74 Å². The number of alkyl halides is 3. The van der Waals surface area contributed by atoms with Crippen molar-refractivity contribution in [3.8, 4) is 0 Å². The summed E-state index contributed by atoms with van der Waals surface area (Å²) in [5, 5.41) is 2.32. The van der Waals surface area contributed by atoms with Crippen molar-refractivity contribution in [2.45, 2.75) is 12.6 Å². The zero-order chi connectivity index (χ0) is 15.2. The van der Waals surface area contributed by atoms with Crippen molar-refractivity contribution >= 4 is 5.91 Å². The molecule has 0 heterocycles. The molecule has 0 aliphatic heterocycles. The maximum Gasteiger partial charge on any atom is 0.416 e. The summed E-state index contributed by atoms with van der Waals surface area (Å²) in [7, 11) is 0. The number of ether oxygens (including phenoxy) is 1. The molecule has 3 nitrogen and oxygen atoms in total. The van der Waals surface area contributed by atoms with Crippen LogP contribution in [0.3, 0.4) is 0 Å². The van der Waals surface area contributed by atoms with Gasteiger partial charge in [-0.15, -0.1) is 0 Å². The quantitative estimate of drug-likeness (QED) is 0.497. The summed E-state index contributed by atoms with van der Waals surface area (Å²) in [6.07, 6.45) is -2.97. The maximum absolute atomic E-state index is 13.4. The summed E-state index contributed by atoms with van der Waals surface area (Å²) in [4.78, 5) is 11.6. The Morgan fingerprint density at radius 3 is 2.70 bits per heavy atom. The largest absolute Gasteiger partial charge is 0.502 e. The molecular formula is C13H13F4NO2. The van der Waals surface area contributed by atoms with Gasteiger partial charge in [0.1, 0.15) is 5.82 Å². The van der Waals surface area contributed by atoms with Crippen LogP contribution in [-0.4, -0.2) is 19.1 Å². The number of benzene rings is 1.